The van der Waals surface area contributed by atoms with Gasteiger partial charge < -0.3 is 11.1 Å². The molecule has 6 heteroatoms. The zero-order chi connectivity index (χ0) is 13.8. The number of amides is 1. The van der Waals surface area contributed by atoms with Crippen molar-refractivity contribution in [3.63, 3.8) is 0 Å². The first kappa shape index (κ1) is 13.1. The van der Waals surface area contributed by atoms with Crippen molar-refractivity contribution in [3.8, 4) is 6.07 Å². The van der Waals surface area contributed by atoms with Crippen LogP contribution < -0.4 is 11.1 Å². The number of nitrogens with one attached hydrogen (secondary N) is 1. The second-order valence-corrected chi connectivity index (χ2v) is 4.59. The Bertz CT molecular complexity index is 661. The molecule has 1 amide bonds. The van der Waals surface area contributed by atoms with Crippen LogP contribution in [0.25, 0.3) is 0 Å². The molecule has 0 saturated carbocycles. The lowest BCUT2D eigenvalue weighted by molar-refractivity contribution is 0.102. The quantitative estimate of drug-likeness (QED) is 0.833. The van der Waals surface area contributed by atoms with E-state index < -0.39 is 0 Å². The largest absolute Gasteiger partial charge is 0.399 e. The van der Waals surface area contributed by atoms with E-state index in [1.165, 1.54) is 18.3 Å². The van der Waals surface area contributed by atoms with Crippen LogP contribution in [-0.2, 0) is 0 Å². The van der Waals surface area contributed by atoms with Crippen LogP contribution in [0.5, 0.6) is 0 Å². The molecule has 0 aliphatic rings. The highest BCUT2D eigenvalue weighted by Gasteiger charge is 2.09. The Morgan fingerprint density at radius 3 is 2.79 bits per heavy atom. The zero-order valence-electron chi connectivity index (χ0n) is 9.72. The number of anilines is 2. The smallest absolute Gasteiger partial charge is 0.274 e. The number of halogens is 1. The second kappa shape index (κ2) is 5.50. The van der Waals surface area contributed by atoms with E-state index in [4.69, 9.17) is 11.0 Å². The molecule has 2 rings (SSSR count). The molecule has 0 radical (unpaired) electrons. The van der Waals surface area contributed by atoms with E-state index in [1.54, 1.807) is 18.2 Å². The minimum atomic E-state index is -0.365. The lowest BCUT2D eigenvalue weighted by Gasteiger charge is -2.07. The molecule has 1 aromatic carbocycles. The van der Waals surface area contributed by atoms with Crippen molar-refractivity contribution in [2.45, 2.75) is 0 Å². The lowest BCUT2D eigenvalue weighted by Crippen LogP contribution is -2.14. The summed E-state index contributed by atoms with van der Waals surface area (Å²) in [5.74, 6) is -0.365. The highest BCUT2D eigenvalue weighted by molar-refractivity contribution is 9.10. The van der Waals surface area contributed by atoms with Crippen LogP contribution in [0.2, 0.25) is 0 Å². The van der Waals surface area contributed by atoms with Gasteiger partial charge in [-0.05, 0) is 46.3 Å². The number of nitrogen functional groups attached to an aromatic ring is 1. The Kier molecular flexibility index (Phi) is 3.78. The van der Waals surface area contributed by atoms with Crippen molar-refractivity contribution in [2.75, 3.05) is 11.1 Å². The van der Waals surface area contributed by atoms with Gasteiger partial charge >= 0.3 is 0 Å². The molecule has 0 unspecified atom stereocenters. The van der Waals surface area contributed by atoms with Gasteiger partial charge in [0.15, 0.2) is 0 Å². The molecule has 0 saturated heterocycles. The molecule has 0 atom stereocenters. The topological polar surface area (TPSA) is 91.8 Å². The van der Waals surface area contributed by atoms with Crippen LogP contribution in [-0.4, -0.2) is 10.9 Å². The summed E-state index contributed by atoms with van der Waals surface area (Å²) < 4.78 is 0.726. The van der Waals surface area contributed by atoms with E-state index in [1.807, 2.05) is 6.07 Å². The number of rotatable bonds is 2. The van der Waals surface area contributed by atoms with E-state index >= 15 is 0 Å². The minimum absolute atomic E-state index is 0.230. The van der Waals surface area contributed by atoms with Crippen molar-refractivity contribution in [3.05, 3.63) is 52.3 Å². The Balaban J connectivity index is 2.21. The molecular weight excluding hydrogens is 308 g/mol. The summed E-state index contributed by atoms with van der Waals surface area (Å²) in [6.45, 7) is 0. The molecular formula is C13H9BrN4O. The predicted molar refractivity (Wildman–Crippen MR) is 75.5 cm³/mol. The van der Waals surface area contributed by atoms with Gasteiger partial charge in [0.05, 0.1) is 11.3 Å². The summed E-state index contributed by atoms with van der Waals surface area (Å²) in [6.07, 6.45) is 1.35. The average Bonchev–Trinajstić information content (AvgIpc) is 2.43. The highest BCUT2D eigenvalue weighted by Crippen LogP contribution is 2.24. The molecule has 94 valence electrons. The number of hydrogen-bond acceptors (Lipinski definition) is 4. The molecule has 0 bridgehead atoms. The second-order valence-electron chi connectivity index (χ2n) is 3.74. The first-order chi connectivity index (χ1) is 9.10. The van der Waals surface area contributed by atoms with Gasteiger partial charge in [-0.3, -0.25) is 4.79 Å². The van der Waals surface area contributed by atoms with E-state index in [-0.39, 0.29) is 11.6 Å². The number of nitrogens with two attached hydrogens (primary N) is 1. The van der Waals surface area contributed by atoms with Crippen molar-refractivity contribution in [1.29, 1.82) is 5.26 Å². The first-order valence-corrected chi connectivity index (χ1v) is 6.12. The maximum atomic E-state index is 12.0. The number of hydrogen-bond donors (Lipinski definition) is 2. The Morgan fingerprint density at radius 2 is 2.16 bits per heavy atom. The number of benzene rings is 1. The summed E-state index contributed by atoms with van der Waals surface area (Å²) in [6, 6.07) is 10.1. The van der Waals surface area contributed by atoms with Gasteiger partial charge in [-0.25, -0.2) is 4.98 Å². The molecule has 2 aromatic rings. The van der Waals surface area contributed by atoms with E-state index in [2.05, 4.69) is 26.2 Å². The van der Waals surface area contributed by atoms with Crippen LogP contribution in [0.3, 0.4) is 0 Å². The van der Waals surface area contributed by atoms with E-state index in [0.717, 1.165) is 4.47 Å². The zero-order valence-corrected chi connectivity index (χ0v) is 11.3. The Labute approximate surface area is 118 Å². The van der Waals surface area contributed by atoms with Gasteiger partial charge in [0.2, 0.25) is 0 Å². The van der Waals surface area contributed by atoms with Crippen molar-refractivity contribution < 1.29 is 4.79 Å². The van der Waals surface area contributed by atoms with Crippen molar-refractivity contribution >= 4 is 33.2 Å². The molecule has 19 heavy (non-hydrogen) atoms. The van der Waals surface area contributed by atoms with Crippen LogP contribution in [0.15, 0.2) is 41.0 Å². The third-order valence-electron chi connectivity index (χ3n) is 2.36. The molecule has 3 N–H and O–H groups in total. The molecule has 0 spiro atoms. The van der Waals surface area contributed by atoms with Gasteiger partial charge in [-0.15, -0.1) is 0 Å². The third-order valence-corrected chi connectivity index (χ3v) is 3.06. The predicted octanol–water partition coefficient (Wildman–Crippen LogP) is 2.55. The maximum Gasteiger partial charge on any atom is 0.274 e. The van der Waals surface area contributed by atoms with Crippen LogP contribution >= 0.6 is 15.9 Å². The van der Waals surface area contributed by atoms with Gasteiger partial charge in [-0.1, -0.05) is 0 Å². The van der Waals surface area contributed by atoms with Crippen molar-refractivity contribution in [1.82, 2.24) is 4.98 Å². The lowest BCUT2D eigenvalue weighted by atomic mass is 10.2. The maximum absolute atomic E-state index is 12.0. The van der Waals surface area contributed by atoms with Gasteiger partial charge in [-0.2, -0.15) is 5.26 Å². The SMILES string of the molecule is N#Cc1ccc(C(=O)Nc2cc(N)ccc2Br)nc1. The Hall–Kier alpha value is -2.39. The monoisotopic (exact) mass is 316 g/mol. The number of nitriles is 1. The summed E-state index contributed by atoms with van der Waals surface area (Å²) in [7, 11) is 0. The number of nitrogens with zero attached hydrogens (tertiary/aromatic N) is 2. The fourth-order valence-electron chi connectivity index (χ4n) is 1.42. The normalized spacial score (nSPS) is 9.68. The summed E-state index contributed by atoms with van der Waals surface area (Å²) >= 11 is 3.32. The number of carbonyl (C=O) groups is 1. The van der Waals surface area contributed by atoms with Crippen LogP contribution in [0, 0.1) is 11.3 Å². The molecule has 1 aromatic heterocycles. The van der Waals surface area contributed by atoms with Gasteiger partial charge in [0, 0.05) is 16.4 Å². The molecule has 0 aliphatic carbocycles. The molecule has 5 nitrogen and oxygen atoms in total. The van der Waals surface area contributed by atoms with Crippen LogP contribution in [0.1, 0.15) is 16.1 Å². The third kappa shape index (κ3) is 3.09. The average molecular weight is 317 g/mol. The molecule has 0 aliphatic heterocycles. The first-order valence-electron chi connectivity index (χ1n) is 5.32. The highest BCUT2D eigenvalue weighted by atomic mass is 79.9. The number of carbonyl (C=O) groups excluding carboxylic acids is 1. The van der Waals surface area contributed by atoms with Gasteiger partial charge in [0.1, 0.15) is 11.8 Å². The fraction of sp³-hybridized carbons (Fsp3) is 0. The Morgan fingerprint density at radius 1 is 1.37 bits per heavy atom. The summed E-state index contributed by atoms with van der Waals surface area (Å²) in [4.78, 5) is 15.9. The number of aromatic nitrogens is 1. The van der Waals surface area contributed by atoms with Gasteiger partial charge in [0.25, 0.3) is 5.91 Å². The fourth-order valence-corrected chi connectivity index (χ4v) is 1.77. The summed E-state index contributed by atoms with van der Waals surface area (Å²) in [5.41, 5.74) is 7.40. The standard InChI is InChI=1S/C13H9BrN4O/c14-10-3-2-9(16)5-12(10)18-13(19)11-4-1-8(6-15)7-17-11/h1-5,7H,16H2,(H,18,19). The molecule has 0 fully saturated rings. The van der Waals surface area contributed by atoms with Crippen LogP contribution in [0.4, 0.5) is 11.4 Å². The molecule has 1 heterocycles. The number of pyridine rings is 1. The van der Waals surface area contributed by atoms with Crippen molar-refractivity contribution in [2.24, 2.45) is 0 Å². The van der Waals surface area contributed by atoms with E-state index in [9.17, 15) is 4.79 Å². The van der Waals surface area contributed by atoms with E-state index in [0.29, 0.717) is 16.9 Å². The summed E-state index contributed by atoms with van der Waals surface area (Å²) in [5, 5.41) is 11.4. The minimum Gasteiger partial charge on any atom is -0.399 e.